The largest absolute Gasteiger partial charge is 0.469 e. The van der Waals surface area contributed by atoms with Gasteiger partial charge in [-0.15, -0.1) is 0 Å². The average Bonchev–Trinajstić information content (AvgIpc) is 2.77. The molecule has 0 aromatic carbocycles. The van der Waals surface area contributed by atoms with E-state index in [0.717, 1.165) is 12.3 Å². The van der Waals surface area contributed by atoms with Crippen LogP contribution < -0.4 is 0 Å². The van der Waals surface area contributed by atoms with E-state index in [1.165, 1.54) is 43.4 Å². The molecule has 0 amide bonds. The molecule has 1 aromatic rings. The third-order valence-corrected chi connectivity index (χ3v) is 3.89. The van der Waals surface area contributed by atoms with Crippen LogP contribution >= 0.6 is 0 Å². The minimum atomic E-state index is 0.702. The number of furan rings is 1. The van der Waals surface area contributed by atoms with E-state index in [1.54, 1.807) is 0 Å². The molecule has 0 aliphatic heterocycles. The van der Waals surface area contributed by atoms with Crippen molar-refractivity contribution in [2.24, 2.45) is 5.92 Å². The number of aryl methyl sites for hydroxylation is 1. The summed E-state index contributed by atoms with van der Waals surface area (Å²) in [6.45, 7) is 4.53. The maximum Gasteiger partial charge on any atom is 0.110 e. The predicted molar refractivity (Wildman–Crippen MR) is 63.1 cm³/mol. The summed E-state index contributed by atoms with van der Waals surface area (Å²) in [6, 6.07) is 2.14. The van der Waals surface area contributed by atoms with Gasteiger partial charge < -0.3 is 4.42 Å². The molecule has 1 aliphatic rings. The van der Waals surface area contributed by atoms with Crippen LogP contribution in [0.5, 0.6) is 0 Å². The number of hydrogen-bond acceptors (Lipinski definition) is 1. The highest BCUT2D eigenvalue weighted by atomic mass is 16.3. The van der Waals surface area contributed by atoms with Gasteiger partial charge in [0.05, 0.1) is 6.26 Å². The van der Waals surface area contributed by atoms with Gasteiger partial charge in [-0.25, -0.2) is 0 Å². The fourth-order valence-electron chi connectivity index (χ4n) is 2.90. The fraction of sp³-hybridized carbons (Fsp3) is 0.714. The Kier molecular flexibility index (Phi) is 3.50. The standard InChI is InChI=1S/C14H22O/c1-3-11-6-5-7-13(10-11)14-12(4-2)8-9-15-14/h8-9,11,13H,3-7,10H2,1-2H3. The molecule has 0 bridgehead atoms. The molecule has 84 valence electrons. The van der Waals surface area contributed by atoms with Gasteiger partial charge >= 0.3 is 0 Å². The van der Waals surface area contributed by atoms with E-state index in [1.807, 2.05) is 6.26 Å². The van der Waals surface area contributed by atoms with Crippen LogP contribution in [0.25, 0.3) is 0 Å². The van der Waals surface area contributed by atoms with Crippen molar-refractivity contribution in [2.45, 2.75) is 58.3 Å². The Labute approximate surface area is 92.9 Å². The van der Waals surface area contributed by atoms with Gasteiger partial charge in [-0.05, 0) is 36.8 Å². The van der Waals surface area contributed by atoms with E-state index < -0.39 is 0 Å². The first-order valence-electron chi connectivity index (χ1n) is 6.41. The van der Waals surface area contributed by atoms with Gasteiger partial charge in [0.15, 0.2) is 0 Å². The zero-order valence-electron chi connectivity index (χ0n) is 9.96. The molecule has 2 unspecified atom stereocenters. The van der Waals surface area contributed by atoms with Crippen LogP contribution in [0.2, 0.25) is 0 Å². The summed E-state index contributed by atoms with van der Waals surface area (Å²) in [4.78, 5) is 0. The summed E-state index contributed by atoms with van der Waals surface area (Å²) < 4.78 is 5.69. The highest BCUT2D eigenvalue weighted by Crippen LogP contribution is 2.39. The topological polar surface area (TPSA) is 13.1 Å². The van der Waals surface area contributed by atoms with Crippen LogP contribution in [0.15, 0.2) is 16.7 Å². The first-order valence-corrected chi connectivity index (χ1v) is 6.41. The third-order valence-electron chi connectivity index (χ3n) is 3.89. The quantitative estimate of drug-likeness (QED) is 0.708. The van der Waals surface area contributed by atoms with Crippen molar-refractivity contribution in [3.8, 4) is 0 Å². The number of rotatable bonds is 3. The van der Waals surface area contributed by atoms with Crippen LogP contribution in [0.1, 0.15) is 63.2 Å². The Morgan fingerprint density at radius 2 is 2.20 bits per heavy atom. The molecule has 1 heteroatoms. The zero-order chi connectivity index (χ0) is 10.7. The average molecular weight is 206 g/mol. The highest BCUT2D eigenvalue weighted by Gasteiger charge is 2.25. The van der Waals surface area contributed by atoms with E-state index in [9.17, 15) is 0 Å². The SMILES string of the molecule is CCc1ccoc1C1CCCC(CC)C1. The second-order valence-corrected chi connectivity index (χ2v) is 4.80. The third kappa shape index (κ3) is 2.27. The van der Waals surface area contributed by atoms with Crippen LogP contribution in [0, 0.1) is 5.92 Å². The maximum atomic E-state index is 5.69. The summed E-state index contributed by atoms with van der Waals surface area (Å²) in [6.07, 6.45) is 9.79. The lowest BCUT2D eigenvalue weighted by Crippen LogP contribution is -2.14. The van der Waals surface area contributed by atoms with Gasteiger partial charge in [-0.2, -0.15) is 0 Å². The van der Waals surface area contributed by atoms with Crippen LogP contribution in [0.3, 0.4) is 0 Å². The Balaban J connectivity index is 2.09. The second-order valence-electron chi connectivity index (χ2n) is 4.80. The Hall–Kier alpha value is -0.720. The molecule has 1 nitrogen and oxygen atoms in total. The lowest BCUT2D eigenvalue weighted by molar-refractivity contribution is 0.285. The number of hydrogen-bond donors (Lipinski definition) is 0. The van der Waals surface area contributed by atoms with E-state index in [-0.39, 0.29) is 0 Å². The van der Waals surface area contributed by atoms with Crippen molar-refractivity contribution in [3.63, 3.8) is 0 Å². The molecule has 1 aliphatic carbocycles. The zero-order valence-corrected chi connectivity index (χ0v) is 9.96. The Morgan fingerprint density at radius 1 is 1.33 bits per heavy atom. The summed E-state index contributed by atoms with van der Waals surface area (Å²) >= 11 is 0. The van der Waals surface area contributed by atoms with Crippen molar-refractivity contribution in [1.29, 1.82) is 0 Å². The van der Waals surface area contributed by atoms with Gasteiger partial charge in [0.25, 0.3) is 0 Å². The normalized spacial score (nSPS) is 26.8. The first kappa shape index (κ1) is 10.8. The van der Waals surface area contributed by atoms with E-state index in [0.29, 0.717) is 5.92 Å². The molecule has 15 heavy (non-hydrogen) atoms. The van der Waals surface area contributed by atoms with Crippen molar-refractivity contribution >= 4 is 0 Å². The molecule has 1 fully saturated rings. The van der Waals surface area contributed by atoms with Gasteiger partial charge in [0, 0.05) is 5.92 Å². The van der Waals surface area contributed by atoms with Gasteiger partial charge in [-0.3, -0.25) is 0 Å². The van der Waals surface area contributed by atoms with Gasteiger partial charge in [0.1, 0.15) is 5.76 Å². The van der Waals surface area contributed by atoms with Crippen molar-refractivity contribution < 1.29 is 4.42 Å². The molecule has 0 radical (unpaired) electrons. The second kappa shape index (κ2) is 4.87. The minimum Gasteiger partial charge on any atom is -0.469 e. The van der Waals surface area contributed by atoms with E-state index in [4.69, 9.17) is 4.42 Å². The van der Waals surface area contributed by atoms with E-state index in [2.05, 4.69) is 19.9 Å². The van der Waals surface area contributed by atoms with Crippen molar-refractivity contribution in [1.82, 2.24) is 0 Å². The van der Waals surface area contributed by atoms with Crippen molar-refractivity contribution in [2.75, 3.05) is 0 Å². The van der Waals surface area contributed by atoms with Crippen LogP contribution in [-0.4, -0.2) is 0 Å². The molecular weight excluding hydrogens is 184 g/mol. The first-order chi connectivity index (χ1) is 7.35. The maximum absolute atomic E-state index is 5.69. The molecule has 0 saturated heterocycles. The lowest BCUT2D eigenvalue weighted by atomic mass is 9.78. The van der Waals surface area contributed by atoms with E-state index >= 15 is 0 Å². The minimum absolute atomic E-state index is 0.702. The molecule has 0 spiro atoms. The Bertz CT molecular complexity index is 300. The molecule has 1 aromatic heterocycles. The molecular formula is C14H22O. The van der Waals surface area contributed by atoms with Gasteiger partial charge in [-0.1, -0.05) is 33.1 Å². The smallest absolute Gasteiger partial charge is 0.110 e. The summed E-state index contributed by atoms with van der Waals surface area (Å²) in [7, 11) is 0. The Morgan fingerprint density at radius 3 is 2.93 bits per heavy atom. The molecule has 2 rings (SSSR count). The molecule has 0 N–H and O–H groups in total. The fourth-order valence-corrected chi connectivity index (χ4v) is 2.90. The highest BCUT2D eigenvalue weighted by molar-refractivity contribution is 5.21. The lowest BCUT2D eigenvalue weighted by Gasteiger charge is -2.27. The molecule has 1 saturated carbocycles. The van der Waals surface area contributed by atoms with Crippen LogP contribution in [0.4, 0.5) is 0 Å². The summed E-state index contributed by atoms with van der Waals surface area (Å²) in [5, 5.41) is 0. The predicted octanol–water partition coefficient (Wildman–Crippen LogP) is 4.53. The van der Waals surface area contributed by atoms with Gasteiger partial charge in [0.2, 0.25) is 0 Å². The van der Waals surface area contributed by atoms with Crippen molar-refractivity contribution in [3.05, 3.63) is 23.7 Å². The summed E-state index contributed by atoms with van der Waals surface area (Å²) in [5.74, 6) is 2.92. The van der Waals surface area contributed by atoms with Crippen LogP contribution in [-0.2, 0) is 6.42 Å². The summed E-state index contributed by atoms with van der Waals surface area (Å²) in [5.41, 5.74) is 1.43. The molecule has 1 heterocycles. The monoisotopic (exact) mass is 206 g/mol. The molecule has 2 atom stereocenters.